The molecule has 0 saturated heterocycles. The molecule has 1 aromatic rings. The van der Waals surface area contributed by atoms with E-state index in [4.69, 9.17) is 10.5 Å². The zero-order valence-corrected chi connectivity index (χ0v) is 14.6. The first-order valence-corrected chi connectivity index (χ1v) is 8.28. The summed E-state index contributed by atoms with van der Waals surface area (Å²) in [7, 11) is 1.75. The molecule has 1 aliphatic rings. The van der Waals surface area contributed by atoms with Crippen LogP contribution in [0.2, 0.25) is 0 Å². The minimum atomic E-state index is -0.476. The number of carbonyl (C=O) groups excluding carboxylic acids is 1. The van der Waals surface area contributed by atoms with E-state index in [2.05, 4.69) is 17.4 Å². The maximum absolute atomic E-state index is 12.0. The molecule has 1 fully saturated rings. The van der Waals surface area contributed by atoms with Gasteiger partial charge >= 0.3 is 6.09 Å². The van der Waals surface area contributed by atoms with Crippen LogP contribution >= 0.6 is 0 Å². The lowest BCUT2D eigenvalue weighted by Crippen LogP contribution is -2.33. The van der Waals surface area contributed by atoms with E-state index in [1.165, 1.54) is 0 Å². The highest BCUT2D eigenvalue weighted by molar-refractivity contribution is 5.67. The monoisotopic (exact) mass is 319 g/mol. The average Bonchev–Trinajstić information content (AvgIpc) is 2.82. The number of carbonyl (C=O) groups is 1. The van der Waals surface area contributed by atoms with E-state index in [1.807, 2.05) is 32.9 Å². The maximum Gasteiger partial charge on any atom is 0.410 e. The van der Waals surface area contributed by atoms with Crippen LogP contribution in [0.5, 0.6) is 0 Å². The summed E-state index contributed by atoms with van der Waals surface area (Å²) in [5, 5.41) is 3.54. The molecule has 128 valence electrons. The van der Waals surface area contributed by atoms with Crippen molar-refractivity contribution in [2.45, 2.75) is 64.3 Å². The molecule has 2 unspecified atom stereocenters. The number of nitrogens with one attached hydrogen (secondary N) is 1. The largest absolute Gasteiger partial charge is 0.444 e. The van der Waals surface area contributed by atoms with E-state index in [1.54, 1.807) is 11.9 Å². The molecule has 5 heteroatoms. The zero-order valence-electron chi connectivity index (χ0n) is 14.6. The van der Waals surface area contributed by atoms with Gasteiger partial charge in [-0.25, -0.2) is 4.79 Å². The van der Waals surface area contributed by atoms with Crippen LogP contribution in [0.1, 0.15) is 45.6 Å². The Labute approximate surface area is 139 Å². The van der Waals surface area contributed by atoms with Gasteiger partial charge in [0.25, 0.3) is 0 Å². The van der Waals surface area contributed by atoms with Crippen LogP contribution in [-0.2, 0) is 11.3 Å². The van der Waals surface area contributed by atoms with Gasteiger partial charge in [-0.05, 0) is 57.7 Å². The predicted octanol–water partition coefficient (Wildman–Crippen LogP) is 3.35. The quantitative estimate of drug-likeness (QED) is 0.893. The van der Waals surface area contributed by atoms with Crippen LogP contribution in [0, 0.1) is 0 Å². The van der Waals surface area contributed by atoms with Crippen LogP contribution in [0.25, 0.3) is 0 Å². The number of rotatable bonds is 4. The standard InChI is InChI=1S/C18H29N3O2/c1-18(2,3)23-17(22)21(4)12-13-6-5-7-15(10-13)20-16-9-8-14(19)11-16/h5-7,10,14,16,20H,8-9,11-12,19H2,1-4H3. The number of anilines is 1. The number of benzene rings is 1. The molecule has 5 nitrogen and oxygen atoms in total. The summed E-state index contributed by atoms with van der Waals surface area (Å²) in [6.45, 7) is 6.13. The molecule has 0 heterocycles. The highest BCUT2D eigenvalue weighted by Crippen LogP contribution is 2.22. The molecule has 1 aromatic carbocycles. The summed E-state index contributed by atoms with van der Waals surface area (Å²) in [5.41, 5.74) is 7.64. The number of hydrogen-bond donors (Lipinski definition) is 2. The molecule has 1 aliphatic carbocycles. The minimum Gasteiger partial charge on any atom is -0.444 e. The van der Waals surface area contributed by atoms with Gasteiger partial charge in [0.1, 0.15) is 5.60 Å². The molecule has 1 saturated carbocycles. The van der Waals surface area contributed by atoms with Crippen molar-refractivity contribution in [1.29, 1.82) is 0 Å². The van der Waals surface area contributed by atoms with Gasteiger partial charge in [-0.2, -0.15) is 0 Å². The lowest BCUT2D eigenvalue weighted by molar-refractivity contribution is 0.0285. The fraction of sp³-hybridized carbons (Fsp3) is 0.611. The summed E-state index contributed by atoms with van der Waals surface area (Å²) in [5.74, 6) is 0. The third-order valence-corrected chi connectivity index (χ3v) is 3.90. The van der Waals surface area contributed by atoms with Gasteiger partial charge in [0.2, 0.25) is 0 Å². The van der Waals surface area contributed by atoms with Crippen molar-refractivity contribution in [3.8, 4) is 0 Å². The first-order valence-electron chi connectivity index (χ1n) is 8.28. The molecule has 23 heavy (non-hydrogen) atoms. The van der Waals surface area contributed by atoms with Crippen molar-refractivity contribution in [1.82, 2.24) is 4.90 Å². The van der Waals surface area contributed by atoms with Gasteiger partial charge in [-0.15, -0.1) is 0 Å². The van der Waals surface area contributed by atoms with Gasteiger partial charge in [0, 0.05) is 31.4 Å². The van der Waals surface area contributed by atoms with Crippen molar-refractivity contribution in [3.05, 3.63) is 29.8 Å². The Morgan fingerprint density at radius 3 is 2.74 bits per heavy atom. The Morgan fingerprint density at radius 2 is 2.13 bits per heavy atom. The van der Waals surface area contributed by atoms with E-state index in [-0.39, 0.29) is 6.09 Å². The van der Waals surface area contributed by atoms with E-state index in [0.717, 1.165) is 30.5 Å². The molecular formula is C18H29N3O2. The van der Waals surface area contributed by atoms with E-state index in [0.29, 0.717) is 18.6 Å². The Hall–Kier alpha value is -1.75. The molecule has 3 N–H and O–H groups in total. The molecule has 1 amide bonds. The molecule has 2 atom stereocenters. The van der Waals surface area contributed by atoms with Crippen LogP contribution in [0.4, 0.5) is 10.5 Å². The molecule has 0 aliphatic heterocycles. The highest BCUT2D eigenvalue weighted by Gasteiger charge is 2.22. The van der Waals surface area contributed by atoms with Crippen LogP contribution in [-0.4, -0.2) is 35.7 Å². The third-order valence-electron chi connectivity index (χ3n) is 3.90. The fourth-order valence-corrected chi connectivity index (χ4v) is 2.82. The van der Waals surface area contributed by atoms with Crippen LogP contribution in [0.15, 0.2) is 24.3 Å². The summed E-state index contributed by atoms with van der Waals surface area (Å²) in [6, 6.07) is 8.94. The lowest BCUT2D eigenvalue weighted by Gasteiger charge is -2.25. The Morgan fingerprint density at radius 1 is 1.39 bits per heavy atom. The normalized spacial score (nSPS) is 21.1. The predicted molar refractivity (Wildman–Crippen MR) is 93.4 cm³/mol. The van der Waals surface area contributed by atoms with Gasteiger partial charge < -0.3 is 20.7 Å². The second-order valence-electron chi connectivity index (χ2n) is 7.45. The highest BCUT2D eigenvalue weighted by atomic mass is 16.6. The smallest absolute Gasteiger partial charge is 0.410 e. The van der Waals surface area contributed by atoms with E-state index < -0.39 is 5.60 Å². The van der Waals surface area contributed by atoms with E-state index >= 15 is 0 Å². The molecule has 2 rings (SSSR count). The van der Waals surface area contributed by atoms with Crippen molar-refractivity contribution in [3.63, 3.8) is 0 Å². The molecule has 0 aromatic heterocycles. The van der Waals surface area contributed by atoms with Gasteiger partial charge in [0.15, 0.2) is 0 Å². The number of amides is 1. The van der Waals surface area contributed by atoms with Crippen molar-refractivity contribution in [2.75, 3.05) is 12.4 Å². The number of nitrogens with zero attached hydrogens (tertiary/aromatic N) is 1. The average molecular weight is 319 g/mol. The van der Waals surface area contributed by atoms with Gasteiger partial charge in [-0.3, -0.25) is 0 Å². The fourth-order valence-electron chi connectivity index (χ4n) is 2.82. The second kappa shape index (κ2) is 7.21. The van der Waals surface area contributed by atoms with E-state index in [9.17, 15) is 4.79 Å². The van der Waals surface area contributed by atoms with Crippen LogP contribution < -0.4 is 11.1 Å². The summed E-state index contributed by atoms with van der Waals surface area (Å²) >= 11 is 0. The Kier molecular flexibility index (Phi) is 5.52. The first-order chi connectivity index (χ1) is 10.7. The number of nitrogens with two attached hydrogens (primary N) is 1. The lowest BCUT2D eigenvalue weighted by atomic mass is 10.1. The number of ether oxygens (including phenoxy) is 1. The SMILES string of the molecule is CN(Cc1cccc(NC2CCC(N)C2)c1)C(=O)OC(C)(C)C. The zero-order chi connectivity index (χ0) is 17.0. The molecular weight excluding hydrogens is 290 g/mol. The number of hydrogen-bond acceptors (Lipinski definition) is 4. The molecule has 0 spiro atoms. The second-order valence-corrected chi connectivity index (χ2v) is 7.45. The molecule has 0 bridgehead atoms. The minimum absolute atomic E-state index is 0.308. The summed E-state index contributed by atoms with van der Waals surface area (Å²) in [6.07, 6.45) is 2.90. The van der Waals surface area contributed by atoms with Gasteiger partial charge in [-0.1, -0.05) is 12.1 Å². The van der Waals surface area contributed by atoms with Crippen LogP contribution in [0.3, 0.4) is 0 Å². The van der Waals surface area contributed by atoms with Gasteiger partial charge in [0.05, 0.1) is 0 Å². The topological polar surface area (TPSA) is 67.6 Å². The third kappa shape index (κ3) is 5.75. The van der Waals surface area contributed by atoms with Crippen molar-refractivity contribution >= 4 is 11.8 Å². The summed E-state index contributed by atoms with van der Waals surface area (Å²) < 4.78 is 5.38. The van der Waals surface area contributed by atoms with Crippen molar-refractivity contribution in [2.24, 2.45) is 5.73 Å². The summed E-state index contributed by atoms with van der Waals surface area (Å²) in [4.78, 5) is 13.6. The molecule has 0 radical (unpaired) electrons. The first kappa shape index (κ1) is 17.6. The van der Waals surface area contributed by atoms with Crippen molar-refractivity contribution < 1.29 is 9.53 Å². The maximum atomic E-state index is 12.0. The Balaban J connectivity index is 1.93. The Bertz CT molecular complexity index is 539.